The molecule has 0 aliphatic carbocycles. The number of aliphatic hydroxyl groups is 1. The van der Waals surface area contributed by atoms with E-state index in [1.807, 2.05) is 13.0 Å². The monoisotopic (exact) mass is 210 g/mol. The van der Waals surface area contributed by atoms with Crippen LogP contribution in [-0.2, 0) is 11.2 Å². The van der Waals surface area contributed by atoms with Crippen LogP contribution in [0.5, 0.6) is 0 Å². The molecule has 2 rings (SSSR count). The van der Waals surface area contributed by atoms with Crippen molar-refractivity contribution in [3.8, 4) is 0 Å². The van der Waals surface area contributed by atoms with Gasteiger partial charge >= 0.3 is 0 Å². The molecule has 0 radical (unpaired) electrons. The van der Waals surface area contributed by atoms with Crippen molar-refractivity contribution in [1.82, 2.24) is 0 Å². The minimum atomic E-state index is -0.386. The van der Waals surface area contributed by atoms with Crippen LogP contribution in [0.1, 0.15) is 37.2 Å². The maximum atomic E-state index is 10.2. The highest BCUT2D eigenvalue weighted by molar-refractivity contribution is 5.20. The highest BCUT2D eigenvalue weighted by Crippen LogP contribution is 2.32. The molecule has 0 aromatic carbocycles. The van der Waals surface area contributed by atoms with E-state index in [4.69, 9.17) is 9.15 Å². The summed E-state index contributed by atoms with van der Waals surface area (Å²) in [6, 6.07) is 1.89. The predicted octanol–water partition coefficient (Wildman–Crippen LogP) is 2.30. The zero-order valence-corrected chi connectivity index (χ0v) is 9.11. The Kier molecular flexibility index (Phi) is 3.44. The molecule has 1 aromatic rings. The zero-order valence-electron chi connectivity index (χ0n) is 9.11. The molecular weight excluding hydrogens is 192 g/mol. The number of hydrogen-bond acceptors (Lipinski definition) is 3. The third kappa shape index (κ3) is 2.24. The SMILES string of the molecule is CCc1occc1C(O)C1CCOCC1. The number of rotatable bonds is 3. The van der Waals surface area contributed by atoms with Gasteiger partial charge in [0.1, 0.15) is 5.76 Å². The van der Waals surface area contributed by atoms with Gasteiger partial charge in [-0.3, -0.25) is 0 Å². The molecule has 1 aliphatic rings. The fourth-order valence-corrected chi connectivity index (χ4v) is 2.19. The summed E-state index contributed by atoms with van der Waals surface area (Å²) in [6.07, 6.45) is 3.99. The van der Waals surface area contributed by atoms with Crippen LogP contribution in [0.4, 0.5) is 0 Å². The molecule has 15 heavy (non-hydrogen) atoms. The smallest absolute Gasteiger partial charge is 0.109 e. The van der Waals surface area contributed by atoms with Gasteiger partial charge in [-0.1, -0.05) is 6.92 Å². The maximum absolute atomic E-state index is 10.2. The van der Waals surface area contributed by atoms with Crippen LogP contribution in [0, 0.1) is 5.92 Å². The minimum Gasteiger partial charge on any atom is -0.469 e. The molecule has 1 aliphatic heterocycles. The summed E-state index contributed by atoms with van der Waals surface area (Å²) in [6.45, 7) is 3.57. The van der Waals surface area contributed by atoms with Crippen LogP contribution in [0.15, 0.2) is 16.7 Å². The van der Waals surface area contributed by atoms with E-state index >= 15 is 0 Å². The van der Waals surface area contributed by atoms with Gasteiger partial charge in [-0.25, -0.2) is 0 Å². The molecule has 0 saturated carbocycles. The second-order valence-electron chi connectivity index (χ2n) is 4.05. The van der Waals surface area contributed by atoms with Gasteiger partial charge in [0.05, 0.1) is 12.4 Å². The lowest BCUT2D eigenvalue weighted by molar-refractivity contribution is 0.00657. The lowest BCUT2D eigenvalue weighted by Crippen LogP contribution is -2.22. The number of aliphatic hydroxyl groups excluding tert-OH is 1. The van der Waals surface area contributed by atoms with E-state index in [0.717, 1.165) is 43.8 Å². The zero-order chi connectivity index (χ0) is 10.7. The van der Waals surface area contributed by atoms with Gasteiger partial charge in [-0.15, -0.1) is 0 Å². The van der Waals surface area contributed by atoms with Crippen molar-refractivity contribution in [1.29, 1.82) is 0 Å². The van der Waals surface area contributed by atoms with Gasteiger partial charge in [0.2, 0.25) is 0 Å². The summed E-state index contributed by atoms with van der Waals surface area (Å²) in [4.78, 5) is 0. The molecule has 1 fully saturated rings. The summed E-state index contributed by atoms with van der Waals surface area (Å²) in [5, 5.41) is 10.2. The first kappa shape index (κ1) is 10.7. The van der Waals surface area contributed by atoms with Gasteiger partial charge in [0.25, 0.3) is 0 Å². The summed E-state index contributed by atoms with van der Waals surface area (Å²) in [7, 11) is 0. The lowest BCUT2D eigenvalue weighted by Gasteiger charge is -2.26. The largest absolute Gasteiger partial charge is 0.469 e. The third-order valence-corrected chi connectivity index (χ3v) is 3.13. The van der Waals surface area contributed by atoms with E-state index in [0.29, 0.717) is 5.92 Å². The van der Waals surface area contributed by atoms with Crippen LogP contribution in [0.3, 0.4) is 0 Å². The summed E-state index contributed by atoms with van der Waals surface area (Å²) >= 11 is 0. The molecule has 1 saturated heterocycles. The highest BCUT2D eigenvalue weighted by atomic mass is 16.5. The molecule has 1 unspecified atom stereocenters. The minimum absolute atomic E-state index is 0.321. The van der Waals surface area contributed by atoms with Gasteiger partial charge in [-0.05, 0) is 24.8 Å². The van der Waals surface area contributed by atoms with E-state index in [-0.39, 0.29) is 6.10 Å². The van der Waals surface area contributed by atoms with Crippen LogP contribution in [0.25, 0.3) is 0 Å². The van der Waals surface area contributed by atoms with Gasteiger partial charge in [0.15, 0.2) is 0 Å². The summed E-state index contributed by atoms with van der Waals surface area (Å²) in [5.41, 5.74) is 0.962. The highest BCUT2D eigenvalue weighted by Gasteiger charge is 2.26. The van der Waals surface area contributed by atoms with E-state index in [1.165, 1.54) is 0 Å². The Morgan fingerprint density at radius 2 is 2.20 bits per heavy atom. The second-order valence-corrected chi connectivity index (χ2v) is 4.05. The van der Waals surface area contributed by atoms with Gasteiger partial charge in [0, 0.05) is 25.2 Å². The Morgan fingerprint density at radius 1 is 1.47 bits per heavy atom. The Morgan fingerprint density at radius 3 is 2.87 bits per heavy atom. The van der Waals surface area contributed by atoms with Crippen LogP contribution in [0.2, 0.25) is 0 Å². The topological polar surface area (TPSA) is 42.6 Å². The first-order valence-corrected chi connectivity index (χ1v) is 5.65. The molecule has 0 bridgehead atoms. The quantitative estimate of drug-likeness (QED) is 0.832. The average molecular weight is 210 g/mol. The Labute approximate surface area is 90.0 Å². The normalized spacial score (nSPS) is 20.4. The number of ether oxygens (including phenoxy) is 1. The second kappa shape index (κ2) is 4.81. The van der Waals surface area contributed by atoms with Crippen molar-refractivity contribution in [2.75, 3.05) is 13.2 Å². The standard InChI is InChI=1S/C12H18O3/c1-2-11-10(5-8-15-11)12(13)9-3-6-14-7-4-9/h5,8-9,12-13H,2-4,6-7H2,1H3. The van der Waals surface area contributed by atoms with Crippen LogP contribution in [-0.4, -0.2) is 18.3 Å². The maximum Gasteiger partial charge on any atom is 0.109 e. The fraction of sp³-hybridized carbons (Fsp3) is 0.667. The first-order valence-electron chi connectivity index (χ1n) is 5.65. The van der Waals surface area contributed by atoms with E-state index in [2.05, 4.69) is 0 Å². The number of furan rings is 1. The van der Waals surface area contributed by atoms with Crippen LogP contribution >= 0.6 is 0 Å². The summed E-state index contributed by atoms with van der Waals surface area (Å²) in [5.74, 6) is 1.23. The van der Waals surface area contributed by atoms with Gasteiger partial charge in [-0.2, -0.15) is 0 Å². The van der Waals surface area contributed by atoms with E-state index < -0.39 is 0 Å². The first-order chi connectivity index (χ1) is 7.33. The molecule has 1 aromatic heterocycles. The molecular formula is C12H18O3. The molecule has 1 N–H and O–H groups in total. The number of aryl methyl sites for hydroxylation is 1. The molecule has 0 amide bonds. The Hall–Kier alpha value is -0.800. The lowest BCUT2D eigenvalue weighted by atomic mass is 9.89. The molecule has 3 nitrogen and oxygen atoms in total. The van der Waals surface area contributed by atoms with Crippen molar-refractivity contribution in [3.05, 3.63) is 23.7 Å². The van der Waals surface area contributed by atoms with Crippen molar-refractivity contribution in [2.45, 2.75) is 32.3 Å². The van der Waals surface area contributed by atoms with E-state index in [9.17, 15) is 5.11 Å². The Bertz CT molecular complexity index is 300. The summed E-state index contributed by atoms with van der Waals surface area (Å²) < 4.78 is 10.6. The molecule has 0 spiro atoms. The Balaban J connectivity index is 2.08. The van der Waals surface area contributed by atoms with Crippen molar-refractivity contribution >= 4 is 0 Å². The molecule has 1 atom stereocenters. The van der Waals surface area contributed by atoms with Gasteiger partial charge < -0.3 is 14.3 Å². The number of hydrogen-bond donors (Lipinski definition) is 1. The average Bonchev–Trinajstić information content (AvgIpc) is 2.77. The van der Waals surface area contributed by atoms with Crippen molar-refractivity contribution in [2.24, 2.45) is 5.92 Å². The van der Waals surface area contributed by atoms with E-state index in [1.54, 1.807) is 6.26 Å². The van der Waals surface area contributed by atoms with Crippen molar-refractivity contribution < 1.29 is 14.3 Å². The predicted molar refractivity (Wildman–Crippen MR) is 56.6 cm³/mol. The third-order valence-electron chi connectivity index (χ3n) is 3.13. The fourth-order valence-electron chi connectivity index (χ4n) is 2.19. The van der Waals surface area contributed by atoms with Crippen molar-refractivity contribution in [3.63, 3.8) is 0 Å². The van der Waals surface area contributed by atoms with Crippen LogP contribution < -0.4 is 0 Å². The molecule has 84 valence electrons. The molecule has 3 heteroatoms. The molecule has 2 heterocycles.